The van der Waals surface area contributed by atoms with Gasteiger partial charge in [0.1, 0.15) is 0 Å². The molecule has 106 valence electrons. The van der Waals surface area contributed by atoms with E-state index in [1.165, 1.54) is 0 Å². The monoisotopic (exact) mass is 278 g/mol. The molecule has 0 heterocycles. The first-order valence-electron chi connectivity index (χ1n) is 5.83. The van der Waals surface area contributed by atoms with Gasteiger partial charge in [-0.1, -0.05) is 23.4 Å². The quantitative estimate of drug-likeness (QED) is 0.291. The molecule has 0 aliphatic carbocycles. The summed E-state index contributed by atoms with van der Waals surface area (Å²) in [7, 11) is 0. The fourth-order valence-electron chi connectivity index (χ4n) is 1.19. The maximum atomic E-state index is 11.4. The lowest BCUT2D eigenvalue weighted by atomic mass is 10.3. The maximum Gasteiger partial charge on any atom is 0.437 e. The van der Waals surface area contributed by atoms with Gasteiger partial charge in [0.2, 0.25) is 5.71 Å². The van der Waals surface area contributed by atoms with Crippen molar-refractivity contribution >= 4 is 29.2 Å². The van der Waals surface area contributed by atoms with Crippen LogP contribution < -0.4 is 5.32 Å². The number of carbonyl (C=O) groups excluding carboxylic acids is 3. The highest BCUT2D eigenvalue weighted by Crippen LogP contribution is 2.05. The molecule has 0 atom stereocenters. The van der Waals surface area contributed by atoms with E-state index >= 15 is 0 Å². The molecule has 7 heteroatoms. The number of hydrogen-bond donors (Lipinski definition) is 1. The van der Waals surface area contributed by atoms with Crippen LogP contribution >= 0.6 is 0 Å². The van der Waals surface area contributed by atoms with Crippen molar-refractivity contribution in [1.82, 2.24) is 0 Å². The Labute approximate surface area is 115 Å². The number of carbonyl (C=O) groups is 3. The van der Waals surface area contributed by atoms with Gasteiger partial charge in [0.15, 0.2) is 5.78 Å². The van der Waals surface area contributed by atoms with Crippen molar-refractivity contribution in [2.24, 2.45) is 5.16 Å². The van der Waals surface area contributed by atoms with Crippen molar-refractivity contribution in [3.05, 3.63) is 30.3 Å². The molecule has 1 amide bonds. The zero-order valence-electron chi connectivity index (χ0n) is 11.1. The van der Waals surface area contributed by atoms with E-state index in [-0.39, 0.29) is 6.61 Å². The minimum absolute atomic E-state index is 0.0847. The Morgan fingerprint density at radius 3 is 2.40 bits per heavy atom. The number of amides is 1. The Hall–Kier alpha value is -2.70. The van der Waals surface area contributed by atoms with E-state index < -0.39 is 23.6 Å². The van der Waals surface area contributed by atoms with Gasteiger partial charge in [0, 0.05) is 12.6 Å². The fourth-order valence-corrected chi connectivity index (χ4v) is 1.19. The molecule has 0 aliphatic rings. The molecule has 1 N–H and O–H groups in total. The Balaban J connectivity index is 2.65. The zero-order chi connectivity index (χ0) is 15.0. The molecule has 0 aromatic heterocycles. The number of hydrogen-bond acceptors (Lipinski definition) is 6. The summed E-state index contributed by atoms with van der Waals surface area (Å²) in [5.41, 5.74) is -0.0803. The first-order valence-corrected chi connectivity index (χ1v) is 5.83. The van der Waals surface area contributed by atoms with Crippen LogP contribution in [0.2, 0.25) is 0 Å². The number of nitrogens with zero attached hydrogens (tertiary/aromatic N) is 1. The molecule has 0 saturated carbocycles. The van der Waals surface area contributed by atoms with E-state index in [9.17, 15) is 14.4 Å². The van der Waals surface area contributed by atoms with E-state index in [4.69, 9.17) is 0 Å². The lowest BCUT2D eigenvalue weighted by Gasteiger charge is -2.04. The predicted molar refractivity (Wildman–Crippen MR) is 71.3 cm³/mol. The van der Waals surface area contributed by atoms with Crippen LogP contribution in [-0.2, 0) is 19.2 Å². The van der Waals surface area contributed by atoms with Crippen molar-refractivity contribution in [3.8, 4) is 0 Å². The molecule has 0 spiro atoms. The van der Waals surface area contributed by atoms with Crippen molar-refractivity contribution < 1.29 is 24.0 Å². The number of benzene rings is 1. The summed E-state index contributed by atoms with van der Waals surface area (Å²) in [6.45, 7) is 2.79. The molecule has 20 heavy (non-hydrogen) atoms. The molecule has 0 fully saturated rings. The number of Topliss-reactive ketones (excluding diaryl/α,β-unsaturated/α-hetero) is 1. The first kappa shape index (κ1) is 15.4. The average molecular weight is 278 g/mol. The second-order valence-electron chi connectivity index (χ2n) is 3.59. The van der Waals surface area contributed by atoms with E-state index in [1.807, 2.05) is 0 Å². The third kappa shape index (κ3) is 4.89. The third-order valence-corrected chi connectivity index (χ3v) is 2.04. The summed E-state index contributed by atoms with van der Waals surface area (Å²) in [5, 5.41) is 5.59. The SMILES string of the molecule is CCOC(=O)/C(=N/OC(=O)Nc1ccccc1)C(C)=O. The Bertz CT molecular complexity index is 525. The highest BCUT2D eigenvalue weighted by molar-refractivity contribution is 6.63. The van der Waals surface area contributed by atoms with Crippen LogP contribution in [0.1, 0.15) is 13.8 Å². The molecule has 1 aromatic rings. The van der Waals surface area contributed by atoms with E-state index in [2.05, 4.69) is 20.0 Å². The number of rotatable bonds is 5. The van der Waals surface area contributed by atoms with E-state index in [0.717, 1.165) is 6.92 Å². The summed E-state index contributed by atoms with van der Waals surface area (Å²) in [6.07, 6.45) is -0.917. The van der Waals surface area contributed by atoms with Crippen LogP contribution in [0.25, 0.3) is 0 Å². The van der Waals surface area contributed by atoms with Gasteiger partial charge in [-0.15, -0.1) is 0 Å². The molecule has 0 radical (unpaired) electrons. The number of ether oxygens (including phenoxy) is 1. The molecular weight excluding hydrogens is 264 g/mol. The second-order valence-corrected chi connectivity index (χ2v) is 3.59. The van der Waals surface area contributed by atoms with Gasteiger partial charge in [-0.3, -0.25) is 14.9 Å². The topological polar surface area (TPSA) is 94.1 Å². The van der Waals surface area contributed by atoms with Crippen molar-refractivity contribution in [1.29, 1.82) is 0 Å². The lowest BCUT2D eigenvalue weighted by molar-refractivity contribution is -0.135. The molecule has 0 unspecified atom stereocenters. The fraction of sp³-hybridized carbons (Fsp3) is 0.231. The number of anilines is 1. The number of nitrogens with one attached hydrogen (secondary N) is 1. The Morgan fingerprint density at radius 1 is 1.20 bits per heavy atom. The number of para-hydroxylation sites is 1. The maximum absolute atomic E-state index is 11.4. The zero-order valence-corrected chi connectivity index (χ0v) is 11.1. The van der Waals surface area contributed by atoms with Gasteiger partial charge in [-0.2, -0.15) is 0 Å². The summed E-state index contributed by atoms with van der Waals surface area (Å²) >= 11 is 0. The van der Waals surface area contributed by atoms with Crippen LogP contribution in [0.5, 0.6) is 0 Å². The average Bonchev–Trinajstić information content (AvgIpc) is 2.40. The summed E-state index contributed by atoms with van der Waals surface area (Å²) in [6, 6.07) is 8.50. The standard InChI is InChI=1S/C13H14N2O5/c1-3-19-12(17)11(9(2)16)15-20-13(18)14-10-7-5-4-6-8-10/h4-8H,3H2,1-2H3,(H,14,18)/b15-11+. The second kappa shape index (κ2) is 7.67. The molecule has 0 saturated heterocycles. The van der Waals surface area contributed by atoms with E-state index in [0.29, 0.717) is 5.69 Å². The lowest BCUT2D eigenvalue weighted by Crippen LogP contribution is -2.25. The highest BCUT2D eigenvalue weighted by Gasteiger charge is 2.19. The smallest absolute Gasteiger partial charge is 0.437 e. The molecule has 1 aromatic carbocycles. The molecular formula is C13H14N2O5. The van der Waals surface area contributed by atoms with Crippen LogP contribution in [-0.4, -0.2) is 30.2 Å². The van der Waals surface area contributed by atoms with Crippen molar-refractivity contribution in [2.45, 2.75) is 13.8 Å². The van der Waals surface area contributed by atoms with Crippen LogP contribution in [0.15, 0.2) is 35.5 Å². The van der Waals surface area contributed by atoms with Gasteiger partial charge >= 0.3 is 12.1 Å². The van der Waals surface area contributed by atoms with Gasteiger partial charge in [0.05, 0.1) is 6.61 Å². The van der Waals surface area contributed by atoms with Gasteiger partial charge < -0.3 is 4.74 Å². The van der Waals surface area contributed by atoms with Crippen molar-refractivity contribution in [2.75, 3.05) is 11.9 Å². The minimum atomic E-state index is -0.937. The molecule has 0 bridgehead atoms. The largest absolute Gasteiger partial charge is 0.461 e. The van der Waals surface area contributed by atoms with Gasteiger partial charge in [-0.25, -0.2) is 9.59 Å². The molecule has 1 rings (SSSR count). The normalized spacial score (nSPS) is 10.6. The summed E-state index contributed by atoms with van der Waals surface area (Å²) in [5.74, 6) is -1.59. The number of oxime groups is 1. The molecule has 7 nitrogen and oxygen atoms in total. The Morgan fingerprint density at radius 2 is 1.85 bits per heavy atom. The Kier molecular flexibility index (Phi) is 5.89. The van der Waals surface area contributed by atoms with Crippen LogP contribution in [0.3, 0.4) is 0 Å². The number of ketones is 1. The minimum Gasteiger partial charge on any atom is -0.461 e. The third-order valence-electron chi connectivity index (χ3n) is 2.04. The highest BCUT2D eigenvalue weighted by atomic mass is 16.7. The number of esters is 1. The van der Waals surface area contributed by atoms with Crippen molar-refractivity contribution in [3.63, 3.8) is 0 Å². The first-order chi connectivity index (χ1) is 9.54. The molecule has 0 aliphatic heterocycles. The summed E-state index contributed by atoms with van der Waals surface area (Å²) < 4.78 is 4.61. The summed E-state index contributed by atoms with van der Waals surface area (Å²) in [4.78, 5) is 38.4. The van der Waals surface area contributed by atoms with E-state index in [1.54, 1.807) is 37.3 Å². The van der Waals surface area contributed by atoms with Crippen LogP contribution in [0, 0.1) is 0 Å². The predicted octanol–water partition coefficient (Wildman–Crippen LogP) is 1.74. The van der Waals surface area contributed by atoms with Gasteiger partial charge in [0.25, 0.3) is 0 Å². The van der Waals surface area contributed by atoms with Gasteiger partial charge in [-0.05, 0) is 19.1 Å². The van der Waals surface area contributed by atoms with Crippen LogP contribution in [0.4, 0.5) is 10.5 Å².